The fourth-order valence-electron chi connectivity index (χ4n) is 2.02. The molecule has 2 rings (SSSR count). The van der Waals surface area contributed by atoms with Gasteiger partial charge in [0.05, 0.1) is 16.8 Å². The van der Waals surface area contributed by atoms with Crippen LogP contribution in [0.4, 0.5) is 0 Å². The number of nitriles is 1. The van der Waals surface area contributed by atoms with E-state index in [1.54, 1.807) is 0 Å². The smallest absolute Gasteiger partial charge is 0.230 e. The largest absolute Gasteiger partial charge is 0.353 e. The Hall–Kier alpha value is -2.06. The van der Waals surface area contributed by atoms with Crippen LogP contribution >= 0.6 is 11.8 Å². The molecule has 1 unspecified atom stereocenters. The van der Waals surface area contributed by atoms with E-state index in [9.17, 15) is 10.1 Å². The summed E-state index contributed by atoms with van der Waals surface area (Å²) >= 11 is 1.31. The Kier molecular flexibility index (Phi) is 5.40. The molecule has 0 aliphatic carbocycles. The van der Waals surface area contributed by atoms with Gasteiger partial charge in [-0.3, -0.25) is 4.79 Å². The Balaban J connectivity index is 2.18. The highest BCUT2D eigenvalue weighted by Crippen LogP contribution is 2.25. The third-order valence-corrected chi connectivity index (χ3v) is 4.41. The van der Waals surface area contributed by atoms with E-state index in [4.69, 9.17) is 0 Å². The monoisotopic (exact) mass is 313 g/mol. The topological polar surface area (TPSA) is 65.8 Å². The molecule has 0 aliphatic heterocycles. The number of fused-ring (bicyclic) bond motifs is 1. The predicted octanol–water partition coefficient (Wildman–Crippen LogP) is 3.42. The molecule has 1 aromatic heterocycles. The molecule has 0 fully saturated rings. The number of rotatable bonds is 5. The van der Waals surface area contributed by atoms with Crippen molar-refractivity contribution in [1.29, 1.82) is 5.26 Å². The van der Waals surface area contributed by atoms with E-state index in [0.29, 0.717) is 10.6 Å². The number of pyridine rings is 1. The molecule has 114 valence electrons. The summed E-state index contributed by atoms with van der Waals surface area (Å²) in [5.74, 6) is 0.234. The van der Waals surface area contributed by atoms with Crippen LogP contribution < -0.4 is 5.32 Å². The second kappa shape index (κ2) is 7.28. The Labute approximate surface area is 134 Å². The van der Waals surface area contributed by atoms with Crippen molar-refractivity contribution in [2.24, 2.45) is 0 Å². The minimum atomic E-state index is -0.0333. The van der Waals surface area contributed by atoms with Gasteiger partial charge in [-0.25, -0.2) is 4.98 Å². The molecule has 0 radical (unpaired) electrons. The molecular formula is C17H19N3OS. The highest BCUT2D eigenvalue weighted by molar-refractivity contribution is 8.00. The molecule has 0 bridgehead atoms. The number of hydrogen-bond acceptors (Lipinski definition) is 4. The molecule has 1 amide bonds. The molecule has 5 heteroatoms. The second-order valence-electron chi connectivity index (χ2n) is 5.31. The molecule has 1 aromatic carbocycles. The fraction of sp³-hybridized carbons (Fsp3) is 0.353. The zero-order chi connectivity index (χ0) is 16.1. The molecule has 22 heavy (non-hydrogen) atoms. The molecule has 1 atom stereocenters. The van der Waals surface area contributed by atoms with E-state index in [1.807, 2.05) is 45.0 Å². The molecular weight excluding hydrogens is 294 g/mol. The number of aromatic nitrogens is 1. The van der Waals surface area contributed by atoms with Crippen LogP contribution in [0, 0.1) is 18.3 Å². The van der Waals surface area contributed by atoms with Crippen LogP contribution in [0.2, 0.25) is 0 Å². The van der Waals surface area contributed by atoms with Crippen molar-refractivity contribution >= 4 is 28.6 Å². The third kappa shape index (κ3) is 3.99. The molecule has 1 heterocycles. The van der Waals surface area contributed by atoms with Gasteiger partial charge in [-0.05, 0) is 38.5 Å². The summed E-state index contributed by atoms with van der Waals surface area (Å²) < 4.78 is 0. The summed E-state index contributed by atoms with van der Waals surface area (Å²) in [4.78, 5) is 16.4. The molecule has 1 N–H and O–H groups in total. The van der Waals surface area contributed by atoms with Crippen LogP contribution in [0.25, 0.3) is 10.9 Å². The number of amides is 1. The van der Waals surface area contributed by atoms with E-state index in [2.05, 4.69) is 16.4 Å². The lowest BCUT2D eigenvalue weighted by molar-refractivity contribution is -0.119. The number of aryl methyl sites for hydroxylation is 1. The van der Waals surface area contributed by atoms with E-state index in [1.165, 1.54) is 11.8 Å². The van der Waals surface area contributed by atoms with E-state index in [-0.39, 0.29) is 17.7 Å². The second-order valence-corrected chi connectivity index (χ2v) is 6.28. The van der Waals surface area contributed by atoms with Crippen molar-refractivity contribution in [2.75, 3.05) is 5.75 Å². The normalized spacial score (nSPS) is 11.9. The van der Waals surface area contributed by atoms with Gasteiger partial charge in [0.1, 0.15) is 11.1 Å². The lowest BCUT2D eigenvalue weighted by Crippen LogP contribution is -2.33. The van der Waals surface area contributed by atoms with Gasteiger partial charge in [-0.1, -0.05) is 30.3 Å². The lowest BCUT2D eigenvalue weighted by Gasteiger charge is -2.11. The van der Waals surface area contributed by atoms with Crippen LogP contribution in [0.15, 0.2) is 29.3 Å². The van der Waals surface area contributed by atoms with Gasteiger partial charge in [0, 0.05) is 11.4 Å². The first-order chi connectivity index (χ1) is 10.5. The Morgan fingerprint density at radius 2 is 2.23 bits per heavy atom. The average molecular weight is 313 g/mol. The SMILES string of the molecule is CCC(C)NC(=O)CSc1nc2ccc(C)cc2cc1C#N. The van der Waals surface area contributed by atoms with Gasteiger partial charge in [0.2, 0.25) is 5.91 Å². The number of thioether (sulfide) groups is 1. The first-order valence-corrected chi connectivity index (χ1v) is 8.25. The highest BCUT2D eigenvalue weighted by atomic mass is 32.2. The Bertz CT molecular complexity index is 736. The van der Waals surface area contributed by atoms with Gasteiger partial charge >= 0.3 is 0 Å². The molecule has 0 aliphatic rings. The Morgan fingerprint density at radius 1 is 1.45 bits per heavy atom. The highest BCUT2D eigenvalue weighted by Gasteiger charge is 2.11. The first kappa shape index (κ1) is 16.3. The Morgan fingerprint density at radius 3 is 2.91 bits per heavy atom. The summed E-state index contributed by atoms with van der Waals surface area (Å²) in [6.07, 6.45) is 0.896. The first-order valence-electron chi connectivity index (χ1n) is 7.27. The summed E-state index contributed by atoms with van der Waals surface area (Å²) in [7, 11) is 0. The average Bonchev–Trinajstić information content (AvgIpc) is 2.51. The van der Waals surface area contributed by atoms with E-state index in [0.717, 1.165) is 22.9 Å². The van der Waals surface area contributed by atoms with Gasteiger partial charge in [-0.15, -0.1) is 0 Å². The van der Waals surface area contributed by atoms with Crippen molar-refractivity contribution in [2.45, 2.75) is 38.3 Å². The number of nitrogens with one attached hydrogen (secondary N) is 1. The molecule has 0 spiro atoms. The van der Waals surface area contributed by atoms with E-state index >= 15 is 0 Å². The van der Waals surface area contributed by atoms with Crippen LogP contribution in [0.1, 0.15) is 31.4 Å². The minimum Gasteiger partial charge on any atom is -0.353 e. The number of carbonyl (C=O) groups excluding carboxylic acids is 1. The van der Waals surface area contributed by atoms with Crippen molar-refractivity contribution in [1.82, 2.24) is 10.3 Å². The standard InChI is InChI=1S/C17H19N3OS/c1-4-12(3)19-16(21)10-22-17-14(9-18)8-13-7-11(2)5-6-15(13)20-17/h5-8,12H,4,10H2,1-3H3,(H,19,21). The van der Waals surface area contributed by atoms with Gasteiger partial charge in [0.25, 0.3) is 0 Å². The van der Waals surface area contributed by atoms with Crippen molar-refractivity contribution in [3.8, 4) is 6.07 Å². The van der Waals surface area contributed by atoms with Crippen LogP contribution in [-0.4, -0.2) is 22.7 Å². The van der Waals surface area contributed by atoms with Crippen LogP contribution in [0.5, 0.6) is 0 Å². The van der Waals surface area contributed by atoms with Gasteiger partial charge in [-0.2, -0.15) is 5.26 Å². The summed E-state index contributed by atoms with van der Waals surface area (Å²) in [6, 6.07) is 10.1. The van der Waals surface area contributed by atoms with Crippen LogP contribution in [-0.2, 0) is 4.79 Å². The quantitative estimate of drug-likeness (QED) is 0.859. The maximum Gasteiger partial charge on any atom is 0.230 e. The number of nitrogens with zero attached hydrogens (tertiary/aromatic N) is 2. The summed E-state index contributed by atoms with van der Waals surface area (Å²) in [5.41, 5.74) is 2.49. The van der Waals surface area contributed by atoms with Crippen molar-refractivity contribution in [3.63, 3.8) is 0 Å². The zero-order valence-electron chi connectivity index (χ0n) is 13.0. The molecule has 0 saturated carbocycles. The molecule has 2 aromatic rings. The molecule has 4 nitrogen and oxygen atoms in total. The fourth-order valence-corrected chi connectivity index (χ4v) is 2.79. The molecule has 0 saturated heterocycles. The zero-order valence-corrected chi connectivity index (χ0v) is 13.8. The third-order valence-electron chi connectivity index (χ3n) is 3.42. The number of benzene rings is 1. The van der Waals surface area contributed by atoms with Crippen molar-refractivity contribution < 1.29 is 4.79 Å². The summed E-state index contributed by atoms with van der Waals surface area (Å²) in [5, 5.41) is 13.8. The maximum absolute atomic E-state index is 11.9. The minimum absolute atomic E-state index is 0.0333. The number of carbonyl (C=O) groups is 1. The van der Waals surface area contributed by atoms with Gasteiger partial charge < -0.3 is 5.32 Å². The summed E-state index contributed by atoms with van der Waals surface area (Å²) in [6.45, 7) is 6.01. The number of hydrogen-bond donors (Lipinski definition) is 1. The van der Waals surface area contributed by atoms with E-state index < -0.39 is 0 Å². The van der Waals surface area contributed by atoms with Gasteiger partial charge in [0.15, 0.2) is 0 Å². The predicted molar refractivity (Wildman–Crippen MR) is 89.8 cm³/mol. The lowest BCUT2D eigenvalue weighted by atomic mass is 10.1. The maximum atomic E-state index is 11.9. The van der Waals surface area contributed by atoms with Crippen molar-refractivity contribution in [3.05, 3.63) is 35.4 Å². The van der Waals surface area contributed by atoms with Crippen LogP contribution in [0.3, 0.4) is 0 Å².